The number of carbonyl (C=O) groups excluding carboxylic acids is 1. The Kier molecular flexibility index (Phi) is 8.01. The first-order chi connectivity index (χ1) is 19.9. The Hall–Kier alpha value is -5.11. The number of hydrogen-bond donors (Lipinski definition) is 1. The molecule has 0 aliphatic heterocycles. The van der Waals surface area contributed by atoms with Gasteiger partial charge in [0.15, 0.2) is 0 Å². The summed E-state index contributed by atoms with van der Waals surface area (Å²) in [7, 11) is 3.13. The third-order valence-electron chi connectivity index (χ3n) is 7.02. The number of aryl methyl sites for hydroxylation is 1. The number of nitrogens with one attached hydrogen (secondary N) is 1. The molecule has 8 nitrogen and oxygen atoms in total. The molecule has 4 aromatic carbocycles. The van der Waals surface area contributed by atoms with Crippen LogP contribution in [0.1, 0.15) is 29.9 Å². The molecule has 5 rings (SSSR count). The molecule has 0 fully saturated rings. The third kappa shape index (κ3) is 5.63. The van der Waals surface area contributed by atoms with Gasteiger partial charge in [-0.15, -0.1) is 0 Å². The van der Waals surface area contributed by atoms with Crippen LogP contribution in [0.25, 0.3) is 16.6 Å². The number of hydrogen-bond acceptors (Lipinski definition) is 5. The number of urea groups is 1. The van der Waals surface area contributed by atoms with Gasteiger partial charge in [-0.2, -0.15) is 0 Å². The molecule has 0 bridgehead atoms. The molecule has 2 amide bonds. The van der Waals surface area contributed by atoms with E-state index in [1.807, 2.05) is 86.6 Å². The molecule has 0 aliphatic rings. The van der Waals surface area contributed by atoms with Crippen molar-refractivity contribution >= 4 is 22.6 Å². The van der Waals surface area contributed by atoms with Crippen molar-refractivity contribution in [1.29, 1.82) is 0 Å². The Labute approximate surface area is 238 Å². The number of benzene rings is 4. The van der Waals surface area contributed by atoms with Crippen LogP contribution in [-0.4, -0.2) is 34.7 Å². The van der Waals surface area contributed by atoms with Gasteiger partial charge in [-0.05, 0) is 61.4 Å². The van der Waals surface area contributed by atoms with Gasteiger partial charge in [-0.1, -0.05) is 60.7 Å². The fraction of sp³-hybridized carbons (Fsp3) is 0.182. The Morgan fingerprint density at radius 1 is 0.902 bits per heavy atom. The van der Waals surface area contributed by atoms with Crippen molar-refractivity contribution < 1.29 is 14.3 Å². The smallest absolute Gasteiger partial charge is 0.322 e. The summed E-state index contributed by atoms with van der Waals surface area (Å²) in [6, 6.07) is 28.8. The fourth-order valence-corrected chi connectivity index (χ4v) is 4.88. The van der Waals surface area contributed by atoms with Crippen molar-refractivity contribution in [3.63, 3.8) is 0 Å². The molecule has 0 saturated heterocycles. The molecule has 0 saturated carbocycles. The third-order valence-corrected chi connectivity index (χ3v) is 7.02. The highest BCUT2D eigenvalue weighted by atomic mass is 16.5. The van der Waals surface area contributed by atoms with Gasteiger partial charge in [0.05, 0.1) is 42.5 Å². The Morgan fingerprint density at radius 2 is 1.59 bits per heavy atom. The van der Waals surface area contributed by atoms with Crippen molar-refractivity contribution in [2.45, 2.75) is 26.4 Å². The molecule has 0 spiro atoms. The zero-order valence-electron chi connectivity index (χ0n) is 23.5. The normalized spacial score (nSPS) is 11.6. The molecule has 1 aromatic heterocycles. The average molecular weight is 549 g/mol. The quantitative estimate of drug-likeness (QED) is 0.239. The van der Waals surface area contributed by atoms with E-state index in [9.17, 15) is 9.59 Å². The Morgan fingerprint density at radius 3 is 2.34 bits per heavy atom. The van der Waals surface area contributed by atoms with E-state index in [-0.39, 0.29) is 18.1 Å². The van der Waals surface area contributed by atoms with Crippen LogP contribution in [0.2, 0.25) is 0 Å². The number of para-hydroxylation sites is 3. The van der Waals surface area contributed by atoms with Gasteiger partial charge in [0.1, 0.15) is 17.3 Å². The van der Waals surface area contributed by atoms with Gasteiger partial charge in [0.2, 0.25) is 0 Å². The summed E-state index contributed by atoms with van der Waals surface area (Å²) in [6.07, 6.45) is 0. The summed E-state index contributed by atoms with van der Waals surface area (Å²) in [6.45, 7) is 4.10. The number of methoxy groups -OCH3 is 2. The average Bonchev–Trinajstić information content (AvgIpc) is 3.00. The molecule has 8 heteroatoms. The second-order valence-corrected chi connectivity index (χ2v) is 9.72. The molecular formula is C33H32N4O4. The van der Waals surface area contributed by atoms with Crippen LogP contribution in [0, 0.1) is 6.92 Å². The number of aromatic nitrogens is 2. The van der Waals surface area contributed by atoms with E-state index in [0.717, 1.165) is 11.1 Å². The molecule has 41 heavy (non-hydrogen) atoms. The number of amides is 2. The molecule has 208 valence electrons. The first-order valence-corrected chi connectivity index (χ1v) is 13.3. The summed E-state index contributed by atoms with van der Waals surface area (Å²) < 4.78 is 12.7. The van der Waals surface area contributed by atoms with E-state index >= 15 is 0 Å². The predicted octanol–water partition coefficient (Wildman–Crippen LogP) is 6.51. The fourth-order valence-electron chi connectivity index (χ4n) is 4.88. The van der Waals surface area contributed by atoms with Gasteiger partial charge in [0, 0.05) is 6.54 Å². The van der Waals surface area contributed by atoms with Crippen LogP contribution in [0.3, 0.4) is 0 Å². The highest BCUT2D eigenvalue weighted by Gasteiger charge is 2.28. The molecule has 1 unspecified atom stereocenters. The largest absolute Gasteiger partial charge is 0.495 e. The second kappa shape index (κ2) is 12.0. The van der Waals surface area contributed by atoms with Crippen LogP contribution in [-0.2, 0) is 6.54 Å². The van der Waals surface area contributed by atoms with E-state index in [2.05, 4.69) is 5.32 Å². The number of carbonyl (C=O) groups is 1. The molecule has 1 atom stereocenters. The van der Waals surface area contributed by atoms with E-state index in [1.54, 1.807) is 48.0 Å². The predicted molar refractivity (Wildman–Crippen MR) is 161 cm³/mol. The van der Waals surface area contributed by atoms with Crippen molar-refractivity contribution in [1.82, 2.24) is 14.5 Å². The molecule has 1 heterocycles. The summed E-state index contributed by atoms with van der Waals surface area (Å²) >= 11 is 0. The highest BCUT2D eigenvalue weighted by molar-refractivity contribution is 5.91. The Bertz CT molecular complexity index is 1750. The number of anilines is 1. The van der Waals surface area contributed by atoms with E-state index in [0.29, 0.717) is 39.6 Å². The standard InChI is InChI=1S/C33H32N4O4/c1-22-18-19-30(41-4)28(20-22)37-31(34-26-15-9-8-14-25(26)32(37)38)23(2)36(21-24-12-6-5-7-13-24)33(39)35-27-16-10-11-17-29(27)40-3/h5-20,23H,21H2,1-4H3,(H,35,39). The number of fused-ring (bicyclic) bond motifs is 1. The first kappa shape index (κ1) is 27.5. The number of rotatable bonds is 8. The van der Waals surface area contributed by atoms with Gasteiger partial charge in [-0.3, -0.25) is 9.36 Å². The molecule has 5 aromatic rings. The molecule has 0 radical (unpaired) electrons. The first-order valence-electron chi connectivity index (χ1n) is 13.3. The van der Waals surface area contributed by atoms with Gasteiger partial charge in [-0.25, -0.2) is 9.78 Å². The van der Waals surface area contributed by atoms with Crippen LogP contribution < -0.4 is 20.3 Å². The van der Waals surface area contributed by atoms with Crippen molar-refractivity contribution in [2.24, 2.45) is 0 Å². The second-order valence-electron chi connectivity index (χ2n) is 9.72. The van der Waals surface area contributed by atoms with Crippen molar-refractivity contribution in [2.75, 3.05) is 19.5 Å². The van der Waals surface area contributed by atoms with Gasteiger partial charge < -0.3 is 19.7 Å². The number of ether oxygens (including phenoxy) is 2. The zero-order valence-corrected chi connectivity index (χ0v) is 23.5. The SMILES string of the molecule is COc1ccccc1NC(=O)N(Cc1ccccc1)C(C)c1nc2ccccc2c(=O)n1-c1cc(C)ccc1OC. The van der Waals surface area contributed by atoms with Crippen LogP contribution >= 0.6 is 0 Å². The summed E-state index contributed by atoms with van der Waals surface area (Å²) in [5, 5.41) is 3.47. The maximum atomic E-state index is 14.1. The van der Waals surface area contributed by atoms with E-state index < -0.39 is 6.04 Å². The minimum absolute atomic E-state index is 0.244. The lowest BCUT2D eigenvalue weighted by Crippen LogP contribution is -2.39. The lowest BCUT2D eigenvalue weighted by atomic mass is 10.1. The lowest BCUT2D eigenvalue weighted by Gasteiger charge is -2.31. The summed E-state index contributed by atoms with van der Waals surface area (Å²) in [4.78, 5) is 34.7. The molecular weight excluding hydrogens is 516 g/mol. The van der Waals surface area contributed by atoms with Crippen LogP contribution in [0.5, 0.6) is 11.5 Å². The molecule has 0 aliphatic carbocycles. The Balaban J connectivity index is 1.69. The van der Waals surface area contributed by atoms with Crippen molar-refractivity contribution in [3.8, 4) is 17.2 Å². The summed E-state index contributed by atoms with van der Waals surface area (Å²) in [5.41, 5.74) is 3.28. The van der Waals surface area contributed by atoms with Crippen molar-refractivity contribution in [3.05, 3.63) is 124 Å². The minimum atomic E-state index is -0.632. The lowest BCUT2D eigenvalue weighted by molar-refractivity contribution is 0.185. The van der Waals surface area contributed by atoms with Crippen LogP contribution in [0.4, 0.5) is 10.5 Å². The van der Waals surface area contributed by atoms with E-state index in [1.165, 1.54) is 0 Å². The monoisotopic (exact) mass is 548 g/mol. The van der Waals surface area contributed by atoms with Crippen LogP contribution in [0.15, 0.2) is 102 Å². The highest BCUT2D eigenvalue weighted by Crippen LogP contribution is 2.31. The van der Waals surface area contributed by atoms with Gasteiger partial charge >= 0.3 is 6.03 Å². The topological polar surface area (TPSA) is 85.7 Å². The maximum Gasteiger partial charge on any atom is 0.322 e. The minimum Gasteiger partial charge on any atom is -0.495 e. The van der Waals surface area contributed by atoms with Gasteiger partial charge in [0.25, 0.3) is 5.56 Å². The maximum absolute atomic E-state index is 14.1. The molecule has 1 N–H and O–H groups in total. The number of nitrogens with zero attached hydrogens (tertiary/aromatic N) is 3. The summed E-state index contributed by atoms with van der Waals surface area (Å²) in [5.74, 6) is 1.47. The zero-order chi connectivity index (χ0) is 28.9. The van der Waals surface area contributed by atoms with E-state index in [4.69, 9.17) is 14.5 Å².